The molecule has 4 heteroatoms. The fraction of sp³-hybridized carbons (Fsp3) is 0.625. The van der Waals surface area contributed by atoms with Crippen LogP contribution in [0.2, 0.25) is 0 Å². The van der Waals surface area contributed by atoms with Crippen molar-refractivity contribution in [3.63, 3.8) is 0 Å². The zero-order valence-corrected chi connectivity index (χ0v) is 13.3. The maximum absolute atomic E-state index is 14.2. The third kappa shape index (κ3) is 3.74. The summed E-state index contributed by atoms with van der Waals surface area (Å²) >= 11 is 1.63. The molecule has 1 heterocycles. The molecule has 112 valence electrons. The van der Waals surface area contributed by atoms with Gasteiger partial charge in [0.1, 0.15) is 5.82 Å². The van der Waals surface area contributed by atoms with Gasteiger partial charge in [0.2, 0.25) is 0 Å². The van der Waals surface area contributed by atoms with E-state index in [9.17, 15) is 4.39 Å². The molecule has 1 aliphatic rings. The van der Waals surface area contributed by atoms with Gasteiger partial charge in [0.05, 0.1) is 6.10 Å². The second-order valence-corrected chi connectivity index (χ2v) is 6.60. The first-order valence-electron chi connectivity index (χ1n) is 7.43. The van der Waals surface area contributed by atoms with Crippen LogP contribution in [0, 0.1) is 5.82 Å². The predicted molar refractivity (Wildman–Crippen MR) is 82.8 cm³/mol. The minimum Gasteiger partial charge on any atom is -0.377 e. The van der Waals surface area contributed by atoms with Crippen molar-refractivity contribution in [2.75, 3.05) is 13.2 Å². The highest BCUT2D eigenvalue weighted by atomic mass is 32.2. The van der Waals surface area contributed by atoms with Gasteiger partial charge >= 0.3 is 0 Å². The Hall–Kier alpha value is -0.580. The number of thioether (sulfide) groups is 1. The average molecular weight is 297 g/mol. The molecular formula is C16H24FNOS. The van der Waals surface area contributed by atoms with Crippen molar-refractivity contribution >= 4 is 11.8 Å². The third-order valence-electron chi connectivity index (χ3n) is 3.74. The van der Waals surface area contributed by atoms with Gasteiger partial charge < -0.3 is 10.1 Å². The summed E-state index contributed by atoms with van der Waals surface area (Å²) in [5, 5.41) is 3.79. The first-order chi connectivity index (χ1) is 9.63. The fourth-order valence-corrected chi connectivity index (χ4v) is 3.83. The van der Waals surface area contributed by atoms with Crippen LogP contribution in [0.4, 0.5) is 4.39 Å². The Kier molecular flexibility index (Phi) is 5.87. The van der Waals surface area contributed by atoms with Gasteiger partial charge in [-0.2, -0.15) is 0 Å². The summed E-state index contributed by atoms with van der Waals surface area (Å²) in [7, 11) is 0. The Balaban J connectivity index is 2.17. The summed E-state index contributed by atoms with van der Waals surface area (Å²) in [6.07, 6.45) is 2.28. The van der Waals surface area contributed by atoms with Gasteiger partial charge in [0, 0.05) is 22.8 Å². The molecule has 0 aliphatic carbocycles. The van der Waals surface area contributed by atoms with Crippen molar-refractivity contribution in [1.29, 1.82) is 0 Å². The van der Waals surface area contributed by atoms with Crippen LogP contribution in [-0.4, -0.2) is 24.5 Å². The zero-order valence-electron chi connectivity index (χ0n) is 12.5. The number of rotatable bonds is 6. The van der Waals surface area contributed by atoms with Crippen LogP contribution in [0.1, 0.15) is 45.2 Å². The van der Waals surface area contributed by atoms with Crippen molar-refractivity contribution in [1.82, 2.24) is 5.32 Å². The lowest BCUT2D eigenvalue weighted by atomic mass is 10.1. The molecule has 2 nitrogen and oxygen atoms in total. The molecule has 1 aromatic carbocycles. The van der Waals surface area contributed by atoms with E-state index >= 15 is 0 Å². The van der Waals surface area contributed by atoms with Crippen LogP contribution in [0.15, 0.2) is 23.1 Å². The Morgan fingerprint density at radius 1 is 1.50 bits per heavy atom. The standard InChI is InChI=1S/C16H24FNOS/c1-4-9-18-11(2)13-6-5-7-14(17)16(13)20-15-8-10-19-12(15)3/h5-7,11-12,15,18H,4,8-10H2,1-3H3. The lowest BCUT2D eigenvalue weighted by molar-refractivity contribution is 0.127. The number of benzene rings is 1. The molecule has 3 atom stereocenters. The molecule has 1 aliphatic heterocycles. The molecular weight excluding hydrogens is 273 g/mol. The van der Waals surface area contributed by atoms with Gasteiger partial charge in [-0.15, -0.1) is 11.8 Å². The lowest BCUT2D eigenvalue weighted by Crippen LogP contribution is -2.21. The molecule has 1 aromatic rings. The zero-order chi connectivity index (χ0) is 14.5. The maximum atomic E-state index is 14.2. The Bertz CT molecular complexity index is 440. The van der Waals surface area contributed by atoms with Crippen LogP contribution in [0.25, 0.3) is 0 Å². The predicted octanol–water partition coefficient (Wildman–Crippen LogP) is 4.16. The number of nitrogens with one attached hydrogen (secondary N) is 1. The highest BCUT2D eigenvalue weighted by Crippen LogP contribution is 2.37. The molecule has 2 rings (SSSR count). The topological polar surface area (TPSA) is 21.3 Å². The molecule has 20 heavy (non-hydrogen) atoms. The van der Waals surface area contributed by atoms with Crippen molar-refractivity contribution < 1.29 is 9.13 Å². The van der Waals surface area contributed by atoms with Crippen LogP contribution in [0.3, 0.4) is 0 Å². The van der Waals surface area contributed by atoms with Crippen molar-refractivity contribution in [3.05, 3.63) is 29.6 Å². The third-order valence-corrected chi connectivity index (χ3v) is 5.33. The van der Waals surface area contributed by atoms with Gasteiger partial charge in [0.25, 0.3) is 0 Å². The summed E-state index contributed by atoms with van der Waals surface area (Å²) in [6, 6.07) is 5.55. The summed E-state index contributed by atoms with van der Waals surface area (Å²) < 4.78 is 19.8. The van der Waals surface area contributed by atoms with E-state index in [-0.39, 0.29) is 18.0 Å². The Labute approximate surface area is 125 Å². The number of ether oxygens (including phenoxy) is 1. The van der Waals surface area contributed by atoms with Crippen molar-refractivity contribution in [3.8, 4) is 0 Å². The summed E-state index contributed by atoms with van der Waals surface area (Å²) in [6.45, 7) is 8.04. The van der Waals surface area contributed by atoms with Crippen LogP contribution in [0.5, 0.6) is 0 Å². The van der Waals surface area contributed by atoms with E-state index in [1.54, 1.807) is 23.9 Å². The Morgan fingerprint density at radius 3 is 2.95 bits per heavy atom. The van der Waals surface area contributed by atoms with E-state index in [0.717, 1.165) is 36.5 Å². The van der Waals surface area contributed by atoms with E-state index in [1.165, 1.54) is 0 Å². The second-order valence-electron chi connectivity index (χ2n) is 5.35. The summed E-state index contributed by atoms with van der Waals surface area (Å²) in [5.74, 6) is -0.114. The molecule has 1 fully saturated rings. The molecule has 0 amide bonds. The van der Waals surface area contributed by atoms with Gasteiger partial charge in [-0.25, -0.2) is 4.39 Å². The maximum Gasteiger partial charge on any atom is 0.137 e. The number of halogens is 1. The first-order valence-corrected chi connectivity index (χ1v) is 8.31. The number of hydrogen-bond donors (Lipinski definition) is 1. The summed E-state index contributed by atoms with van der Waals surface area (Å²) in [4.78, 5) is 0.783. The largest absolute Gasteiger partial charge is 0.377 e. The van der Waals surface area contributed by atoms with Gasteiger partial charge in [-0.3, -0.25) is 0 Å². The summed E-state index contributed by atoms with van der Waals surface area (Å²) in [5.41, 5.74) is 1.06. The molecule has 1 N–H and O–H groups in total. The molecule has 0 spiro atoms. The molecule has 0 radical (unpaired) electrons. The normalized spacial score (nSPS) is 24.0. The highest BCUT2D eigenvalue weighted by Gasteiger charge is 2.27. The molecule has 1 saturated heterocycles. The average Bonchev–Trinajstić information content (AvgIpc) is 2.84. The van der Waals surface area contributed by atoms with Crippen molar-refractivity contribution in [2.45, 2.75) is 55.9 Å². The number of hydrogen-bond acceptors (Lipinski definition) is 3. The van der Waals surface area contributed by atoms with E-state index in [1.807, 2.05) is 6.07 Å². The highest BCUT2D eigenvalue weighted by molar-refractivity contribution is 8.00. The van der Waals surface area contributed by atoms with Crippen LogP contribution >= 0.6 is 11.8 Å². The van der Waals surface area contributed by atoms with E-state index < -0.39 is 0 Å². The monoisotopic (exact) mass is 297 g/mol. The SMILES string of the molecule is CCCNC(C)c1cccc(F)c1SC1CCOC1C. The van der Waals surface area contributed by atoms with Crippen LogP contribution in [-0.2, 0) is 4.74 Å². The molecule has 3 unspecified atom stereocenters. The smallest absolute Gasteiger partial charge is 0.137 e. The van der Waals surface area contributed by atoms with Crippen molar-refractivity contribution in [2.24, 2.45) is 0 Å². The molecule has 0 bridgehead atoms. The Morgan fingerprint density at radius 2 is 2.30 bits per heavy atom. The molecule has 0 saturated carbocycles. The minimum absolute atomic E-state index is 0.114. The lowest BCUT2D eigenvalue weighted by Gasteiger charge is -2.21. The van der Waals surface area contributed by atoms with E-state index in [0.29, 0.717) is 5.25 Å². The quantitative estimate of drug-likeness (QED) is 0.852. The minimum atomic E-state index is -0.114. The second kappa shape index (κ2) is 7.43. The van der Waals surface area contributed by atoms with E-state index in [2.05, 4.69) is 26.1 Å². The first kappa shape index (κ1) is 15.8. The van der Waals surface area contributed by atoms with Gasteiger partial charge in [-0.1, -0.05) is 19.1 Å². The van der Waals surface area contributed by atoms with E-state index in [4.69, 9.17) is 4.74 Å². The fourth-order valence-electron chi connectivity index (χ4n) is 2.48. The van der Waals surface area contributed by atoms with Gasteiger partial charge in [0.15, 0.2) is 0 Å². The molecule has 0 aromatic heterocycles. The van der Waals surface area contributed by atoms with Crippen LogP contribution < -0.4 is 5.32 Å². The van der Waals surface area contributed by atoms with Gasteiger partial charge in [-0.05, 0) is 44.9 Å².